The Labute approximate surface area is 106 Å². The van der Waals surface area contributed by atoms with Crippen LogP contribution in [0.25, 0.3) is 0 Å². The molecule has 0 aromatic heterocycles. The van der Waals surface area contributed by atoms with Crippen LogP contribution >= 0.6 is 15.9 Å². The highest BCUT2D eigenvalue weighted by Crippen LogP contribution is 2.02. The van der Waals surface area contributed by atoms with Gasteiger partial charge in [0.25, 0.3) is 0 Å². The molecule has 16 heavy (non-hydrogen) atoms. The minimum atomic E-state index is 0.136. The lowest BCUT2D eigenvalue weighted by Gasteiger charge is -2.09. The van der Waals surface area contributed by atoms with Crippen LogP contribution in [0.5, 0.6) is 0 Å². The molecule has 1 aromatic carbocycles. The molecule has 0 aliphatic carbocycles. The molecule has 1 rings (SSSR count). The van der Waals surface area contributed by atoms with Crippen molar-refractivity contribution in [2.75, 3.05) is 11.9 Å². The van der Waals surface area contributed by atoms with Crippen LogP contribution in [0, 0.1) is 5.92 Å². The summed E-state index contributed by atoms with van der Waals surface area (Å²) in [7, 11) is 0. The number of hydrogen-bond acceptors (Lipinski definition) is 1. The van der Waals surface area contributed by atoms with Crippen molar-refractivity contribution < 1.29 is 4.79 Å². The smallest absolute Gasteiger partial charge is 0.220 e. The molecule has 88 valence electrons. The highest BCUT2D eigenvalue weighted by Gasteiger charge is 2.04. The van der Waals surface area contributed by atoms with Gasteiger partial charge in [-0.05, 0) is 17.9 Å². The molecule has 1 aromatic rings. The first-order chi connectivity index (χ1) is 7.72. The van der Waals surface area contributed by atoms with Gasteiger partial charge in [0.1, 0.15) is 0 Å². The van der Waals surface area contributed by atoms with Gasteiger partial charge in [0, 0.05) is 18.3 Å². The number of hydrogen-bond donors (Lipinski definition) is 1. The summed E-state index contributed by atoms with van der Waals surface area (Å²) >= 11 is 3.39. The summed E-state index contributed by atoms with van der Waals surface area (Å²) in [6.07, 6.45) is 1.38. The summed E-state index contributed by atoms with van der Waals surface area (Å²) in [5.74, 6) is 0.623. The molecule has 0 aliphatic heterocycles. The molecular formula is C13H18BrNO. The lowest BCUT2D eigenvalue weighted by atomic mass is 10.1. The van der Waals surface area contributed by atoms with Gasteiger partial charge >= 0.3 is 0 Å². The van der Waals surface area contributed by atoms with Gasteiger partial charge in [0.15, 0.2) is 0 Å². The maximum absolute atomic E-state index is 11.5. The minimum absolute atomic E-state index is 0.136. The van der Waals surface area contributed by atoms with Crippen molar-refractivity contribution in [1.29, 1.82) is 0 Å². The third-order valence-electron chi connectivity index (χ3n) is 2.39. The van der Waals surface area contributed by atoms with Crippen LogP contribution in [-0.2, 0) is 11.2 Å². The number of amides is 1. The van der Waals surface area contributed by atoms with E-state index in [1.807, 2.05) is 30.3 Å². The van der Waals surface area contributed by atoms with Crippen molar-refractivity contribution in [3.8, 4) is 0 Å². The van der Waals surface area contributed by atoms with Crippen molar-refractivity contribution in [1.82, 2.24) is 5.32 Å². The number of rotatable bonds is 6. The first-order valence-corrected chi connectivity index (χ1v) is 6.71. The van der Waals surface area contributed by atoms with E-state index < -0.39 is 0 Å². The number of alkyl halides is 1. The van der Waals surface area contributed by atoms with E-state index in [0.717, 1.165) is 18.3 Å². The second kappa shape index (κ2) is 7.44. The molecule has 1 N–H and O–H groups in total. The first kappa shape index (κ1) is 13.2. The van der Waals surface area contributed by atoms with E-state index in [1.54, 1.807) is 0 Å². The van der Waals surface area contributed by atoms with Crippen molar-refractivity contribution in [3.05, 3.63) is 35.9 Å². The van der Waals surface area contributed by atoms with E-state index in [9.17, 15) is 4.79 Å². The average Bonchev–Trinajstić information content (AvgIpc) is 2.34. The molecule has 3 heteroatoms. The molecule has 0 spiro atoms. The zero-order valence-corrected chi connectivity index (χ0v) is 11.2. The molecule has 0 saturated heterocycles. The summed E-state index contributed by atoms with van der Waals surface area (Å²) in [5, 5.41) is 3.86. The van der Waals surface area contributed by atoms with Crippen LogP contribution in [0.2, 0.25) is 0 Å². The summed E-state index contributed by atoms with van der Waals surface area (Å²) in [6, 6.07) is 10.1. The Morgan fingerprint density at radius 1 is 1.38 bits per heavy atom. The largest absolute Gasteiger partial charge is 0.356 e. The maximum atomic E-state index is 11.5. The highest BCUT2D eigenvalue weighted by molar-refractivity contribution is 9.09. The Balaban J connectivity index is 2.20. The fourth-order valence-electron chi connectivity index (χ4n) is 1.33. The Bertz CT molecular complexity index is 313. The van der Waals surface area contributed by atoms with Crippen molar-refractivity contribution in [2.24, 2.45) is 5.92 Å². The van der Waals surface area contributed by atoms with E-state index in [-0.39, 0.29) is 5.91 Å². The van der Waals surface area contributed by atoms with Crippen LogP contribution in [0.3, 0.4) is 0 Å². The molecular weight excluding hydrogens is 266 g/mol. The topological polar surface area (TPSA) is 29.1 Å². The second-order valence-electron chi connectivity index (χ2n) is 4.05. The van der Waals surface area contributed by atoms with E-state index in [0.29, 0.717) is 12.3 Å². The third kappa shape index (κ3) is 5.31. The zero-order chi connectivity index (χ0) is 11.8. The lowest BCUT2D eigenvalue weighted by molar-refractivity contribution is -0.121. The zero-order valence-electron chi connectivity index (χ0n) is 9.58. The van der Waals surface area contributed by atoms with Crippen LogP contribution in [0.15, 0.2) is 30.3 Å². The Morgan fingerprint density at radius 2 is 2.06 bits per heavy atom. The maximum Gasteiger partial charge on any atom is 0.220 e. The molecule has 0 fully saturated rings. The predicted molar refractivity (Wildman–Crippen MR) is 70.7 cm³/mol. The summed E-state index contributed by atoms with van der Waals surface area (Å²) in [4.78, 5) is 11.5. The number of carbonyl (C=O) groups is 1. The second-order valence-corrected chi connectivity index (χ2v) is 4.70. The van der Waals surface area contributed by atoms with Gasteiger partial charge in [-0.1, -0.05) is 53.2 Å². The van der Waals surface area contributed by atoms with Gasteiger partial charge in [-0.15, -0.1) is 0 Å². The fraction of sp³-hybridized carbons (Fsp3) is 0.462. The monoisotopic (exact) mass is 283 g/mol. The third-order valence-corrected chi connectivity index (χ3v) is 3.50. The average molecular weight is 284 g/mol. The van der Waals surface area contributed by atoms with Crippen molar-refractivity contribution in [3.63, 3.8) is 0 Å². The highest BCUT2D eigenvalue weighted by atomic mass is 79.9. The summed E-state index contributed by atoms with van der Waals surface area (Å²) < 4.78 is 0. The summed E-state index contributed by atoms with van der Waals surface area (Å²) in [5.41, 5.74) is 1.21. The van der Waals surface area contributed by atoms with E-state index >= 15 is 0 Å². The Morgan fingerprint density at radius 3 is 2.69 bits per heavy atom. The standard InChI is InChI=1S/C13H18BrNO/c1-11(9-14)10-15-13(16)8-7-12-5-3-2-4-6-12/h2-6,11H,7-10H2,1H3,(H,15,16). The normalized spacial score (nSPS) is 12.1. The molecule has 0 bridgehead atoms. The van der Waals surface area contributed by atoms with E-state index in [4.69, 9.17) is 0 Å². The van der Waals surface area contributed by atoms with Gasteiger partial charge in [0.2, 0.25) is 5.91 Å². The fourth-order valence-corrected chi connectivity index (χ4v) is 1.56. The van der Waals surface area contributed by atoms with Crippen molar-refractivity contribution >= 4 is 21.8 Å². The van der Waals surface area contributed by atoms with E-state index in [1.165, 1.54) is 5.56 Å². The predicted octanol–water partition coefficient (Wildman–Crippen LogP) is 2.77. The number of benzene rings is 1. The Hall–Kier alpha value is -0.830. The molecule has 1 unspecified atom stereocenters. The van der Waals surface area contributed by atoms with Gasteiger partial charge in [-0.25, -0.2) is 0 Å². The minimum Gasteiger partial charge on any atom is -0.356 e. The molecule has 1 amide bonds. The number of nitrogens with one attached hydrogen (secondary N) is 1. The van der Waals surface area contributed by atoms with Gasteiger partial charge in [-0.3, -0.25) is 4.79 Å². The van der Waals surface area contributed by atoms with Gasteiger partial charge in [0.05, 0.1) is 0 Å². The van der Waals surface area contributed by atoms with Crippen LogP contribution in [0.1, 0.15) is 18.9 Å². The van der Waals surface area contributed by atoms with Gasteiger partial charge in [-0.2, -0.15) is 0 Å². The molecule has 2 nitrogen and oxygen atoms in total. The van der Waals surface area contributed by atoms with Gasteiger partial charge < -0.3 is 5.32 Å². The first-order valence-electron chi connectivity index (χ1n) is 5.59. The van der Waals surface area contributed by atoms with Crippen molar-refractivity contribution in [2.45, 2.75) is 19.8 Å². The number of halogens is 1. The molecule has 0 radical (unpaired) electrons. The molecule has 0 aliphatic rings. The van der Waals surface area contributed by atoms with Crippen LogP contribution in [-0.4, -0.2) is 17.8 Å². The quantitative estimate of drug-likeness (QED) is 0.800. The Kier molecular flexibility index (Phi) is 6.16. The molecule has 0 saturated carbocycles. The van der Waals surface area contributed by atoms with Crippen LogP contribution in [0.4, 0.5) is 0 Å². The SMILES string of the molecule is CC(CBr)CNC(=O)CCc1ccccc1. The van der Waals surface area contributed by atoms with E-state index in [2.05, 4.69) is 28.2 Å². The van der Waals surface area contributed by atoms with Crippen LogP contribution < -0.4 is 5.32 Å². The molecule has 1 atom stereocenters. The molecule has 0 heterocycles. The summed E-state index contributed by atoms with van der Waals surface area (Å²) in [6.45, 7) is 2.85. The number of aryl methyl sites for hydroxylation is 1. The lowest BCUT2D eigenvalue weighted by Crippen LogP contribution is -2.28. The number of carbonyl (C=O) groups excluding carboxylic acids is 1.